The summed E-state index contributed by atoms with van der Waals surface area (Å²) in [6.45, 7) is 4.01. The second-order valence-electron chi connectivity index (χ2n) is 4.37. The molecule has 5 nitrogen and oxygen atoms in total. The van der Waals surface area contributed by atoms with E-state index in [9.17, 15) is 0 Å². The zero-order valence-electron chi connectivity index (χ0n) is 10.7. The van der Waals surface area contributed by atoms with Gasteiger partial charge in [0.05, 0.1) is 0 Å². The number of nitrogens with two attached hydrogens (primary N) is 1. The van der Waals surface area contributed by atoms with Crippen molar-refractivity contribution < 1.29 is 0 Å². The van der Waals surface area contributed by atoms with Gasteiger partial charge in [0, 0.05) is 30.8 Å². The smallest absolute Gasteiger partial charge is 0.197 e. The first-order valence-electron chi connectivity index (χ1n) is 6.04. The number of nitrogens with zero attached hydrogens (tertiary/aromatic N) is 4. The largest absolute Gasteiger partial charge is 0.327 e. The molecule has 0 aliphatic carbocycles. The van der Waals surface area contributed by atoms with Crippen molar-refractivity contribution in [1.29, 1.82) is 0 Å². The average molecular weight is 243 g/mol. The van der Waals surface area contributed by atoms with E-state index in [2.05, 4.69) is 26.9 Å². The van der Waals surface area contributed by atoms with Gasteiger partial charge in [-0.15, -0.1) is 0 Å². The molecular weight excluding hydrogens is 226 g/mol. The summed E-state index contributed by atoms with van der Waals surface area (Å²) >= 11 is 0. The summed E-state index contributed by atoms with van der Waals surface area (Å²) in [6.07, 6.45) is 8.84. The van der Waals surface area contributed by atoms with E-state index in [1.54, 1.807) is 24.8 Å². The summed E-state index contributed by atoms with van der Waals surface area (Å²) in [7, 11) is 0. The van der Waals surface area contributed by atoms with Crippen molar-refractivity contribution in [2.75, 3.05) is 0 Å². The quantitative estimate of drug-likeness (QED) is 0.881. The normalized spacial score (nSPS) is 12.4. The van der Waals surface area contributed by atoms with Crippen molar-refractivity contribution in [2.45, 2.75) is 32.7 Å². The van der Waals surface area contributed by atoms with Gasteiger partial charge in [0.1, 0.15) is 0 Å². The van der Waals surface area contributed by atoms with E-state index in [4.69, 9.17) is 5.73 Å². The standard InChI is InChI=1S/C13H17N5/c1-3-11(14)4-10-7-17-13(18-8-10)12-15-5-9(2)6-16-12/h5-8,11H,3-4,14H2,1-2H3. The highest BCUT2D eigenvalue weighted by Crippen LogP contribution is 2.09. The molecule has 0 amide bonds. The summed E-state index contributed by atoms with van der Waals surface area (Å²) in [6, 6.07) is 0.162. The van der Waals surface area contributed by atoms with E-state index in [1.165, 1.54) is 0 Å². The minimum Gasteiger partial charge on any atom is -0.327 e. The first-order valence-corrected chi connectivity index (χ1v) is 6.04. The first kappa shape index (κ1) is 12.6. The van der Waals surface area contributed by atoms with Gasteiger partial charge in [0.15, 0.2) is 11.6 Å². The molecule has 1 atom stereocenters. The van der Waals surface area contributed by atoms with Gasteiger partial charge in [-0.2, -0.15) is 0 Å². The van der Waals surface area contributed by atoms with Crippen LogP contribution in [0.2, 0.25) is 0 Å². The minimum absolute atomic E-state index is 0.162. The van der Waals surface area contributed by atoms with Crippen molar-refractivity contribution in [3.63, 3.8) is 0 Å². The maximum absolute atomic E-state index is 5.89. The van der Waals surface area contributed by atoms with Gasteiger partial charge in [-0.3, -0.25) is 0 Å². The number of aryl methyl sites for hydroxylation is 1. The van der Waals surface area contributed by atoms with Gasteiger partial charge in [0.2, 0.25) is 0 Å². The van der Waals surface area contributed by atoms with Crippen LogP contribution >= 0.6 is 0 Å². The lowest BCUT2D eigenvalue weighted by molar-refractivity contribution is 0.643. The molecule has 1 unspecified atom stereocenters. The summed E-state index contributed by atoms with van der Waals surface area (Å²) in [5.41, 5.74) is 7.95. The second-order valence-corrected chi connectivity index (χ2v) is 4.37. The molecule has 0 radical (unpaired) electrons. The van der Waals surface area contributed by atoms with E-state index >= 15 is 0 Å². The highest BCUT2D eigenvalue weighted by Gasteiger charge is 2.06. The van der Waals surface area contributed by atoms with Crippen LogP contribution in [-0.2, 0) is 6.42 Å². The molecule has 18 heavy (non-hydrogen) atoms. The molecule has 2 aromatic rings. The Morgan fingerprint density at radius 2 is 1.50 bits per heavy atom. The molecule has 0 saturated heterocycles. The molecule has 0 aliphatic rings. The zero-order valence-corrected chi connectivity index (χ0v) is 10.7. The highest BCUT2D eigenvalue weighted by molar-refractivity contribution is 5.41. The Kier molecular flexibility index (Phi) is 3.94. The summed E-state index contributed by atoms with van der Waals surface area (Å²) in [4.78, 5) is 16.9. The van der Waals surface area contributed by atoms with Crippen molar-refractivity contribution in [1.82, 2.24) is 19.9 Å². The topological polar surface area (TPSA) is 77.6 Å². The number of rotatable bonds is 4. The Bertz CT molecular complexity index is 492. The van der Waals surface area contributed by atoms with Crippen LogP contribution in [0.1, 0.15) is 24.5 Å². The second kappa shape index (κ2) is 5.64. The molecule has 0 spiro atoms. The Morgan fingerprint density at radius 1 is 1.00 bits per heavy atom. The Hall–Kier alpha value is -1.88. The molecule has 0 fully saturated rings. The van der Waals surface area contributed by atoms with E-state index in [0.717, 1.165) is 24.0 Å². The van der Waals surface area contributed by atoms with Crippen LogP contribution in [0.25, 0.3) is 11.6 Å². The van der Waals surface area contributed by atoms with Crippen LogP contribution in [-0.4, -0.2) is 26.0 Å². The lowest BCUT2D eigenvalue weighted by atomic mass is 10.1. The maximum atomic E-state index is 5.89. The third-order valence-electron chi connectivity index (χ3n) is 2.71. The van der Waals surface area contributed by atoms with Crippen molar-refractivity contribution >= 4 is 0 Å². The molecule has 0 saturated carbocycles. The molecule has 0 bridgehead atoms. The minimum atomic E-state index is 0.162. The first-order chi connectivity index (χ1) is 8.69. The zero-order chi connectivity index (χ0) is 13.0. The van der Waals surface area contributed by atoms with Gasteiger partial charge in [-0.05, 0) is 30.9 Å². The fourth-order valence-electron chi connectivity index (χ4n) is 1.53. The predicted molar refractivity (Wildman–Crippen MR) is 69.8 cm³/mol. The van der Waals surface area contributed by atoms with Gasteiger partial charge in [-0.25, -0.2) is 19.9 Å². The molecule has 2 rings (SSSR count). The maximum Gasteiger partial charge on any atom is 0.197 e. The summed E-state index contributed by atoms with van der Waals surface area (Å²) < 4.78 is 0. The van der Waals surface area contributed by atoms with Crippen LogP contribution in [0.5, 0.6) is 0 Å². The van der Waals surface area contributed by atoms with E-state index in [-0.39, 0.29) is 6.04 Å². The number of aromatic nitrogens is 4. The molecule has 94 valence electrons. The lowest BCUT2D eigenvalue weighted by Crippen LogP contribution is -2.21. The SMILES string of the molecule is CCC(N)Cc1cnc(-c2ncc(C)cn2)nc1. The Labute approximate surface area is 107 Å². The van der Waals surface area contributed by atoms with Crippen molar-refractivity contribution in [3.05, 3.63) is 35.9 Å². The molecule has 0 aromatic carbocycles. The molecule has 2 heterocycles. The van der Waals surface area contributed by atoms with Gasteiger partial charge < -0.3 is 5.73 Å². The third kappa shape index (κ3) is 3.07. The van der Waals surface area contributed by atoms with Crippen LogP contribution in [0.3, 0.4) is 0 Å². The molecule has 2 N–H and O–H groups in total. The molecular formula is C13H17N5. The Balaban J connectivity index is 2.14. The average Bonchev–Trinajstić information content (AvgIpc) is 2.40. The molecule has 2 aromatic heterocycles. The fraction of sp³-hybridized carbons (Fsp3) is 0.385. The third-order valence-corrected chi connectivity index (χ3v) is 2.71. The van der Waals surface area contributed by atoms with Gasteiger partial charge >= 0.3 is 0 Å². The van der Waals surface area contributed by atoms with Crippen LogP contribution in [0.15, 0.2) is 24.8 Å². The predicted octanol–water partition coefficient (Wildman–Crippen LogP) is 1.52. The monoisotopic (exact) mass is 243 g/mol. The van der Waals surface area contributed by atoms with E-state index in [0.29, 0.717) is 11.6 Å². The molecule has 0 aliphatic heterocycles. The highest BCUT2D eigenvalue weighted by atomic mass is 15.0. The summed E-state index contributed by atoms with van der Waals surface area (Å²) in [5.74, 6) is 1.09. The van der Waals surface area contributed by atoms with Crippen LogP contribution in [0, 0.1) is 6.92 Å². The van der Waals surface area contributed by atoms with Crippen LogP contribution < -0.4 is 5.73 Å². The van der Waals surface area contributed by atoms with Crippen molar-refractivity contribution in [3.8, 4) is 11.6 Å². The Morgan fingerprint density at radius 3 is 2.00 bits per heavy atom. The fourth-order valence-corrected chi connectivity index (χ4v) is 1.53. The van der Waals surface area contributed by atoms with E-state index in [1.807, 2.05) is 6.92 Å². The summed E-state index contributed by atoms with van der Waals surface area (Å²) in [5, 5.41) is 0. The number of hydrogen-bond donors (Lipinski definition) is 1. The lowest BCUT2D eigenvalue weighted by Gasteiger charge is -2.07. The molecule has 5 heteroatoms. The van der Waals surface area contributed by atoms with Crippen molar-refractivity contribution in [2.24, 2.45) is 5.73 Å². The van der Waals surface area contributed by atoms with Crippen LogP contribution in [0.4, 0.5) is 0 Å². The van der Waals surface area contributed by atoms with Gasteiger partial charge in [-0.1, -0.05) is 6.92 Å². The van der Waals surface area contributed by atoms with Gasteiger partial charge in [0.25, 0.3) is 0 Å². The number of hydrogen-bond acceptors (Lipinski definition) is 5. The van der Waals surface area contributed by atoms with E-state index < -0.39 is 0 Å².